The number of hydrogen-bond acceptors (Lipinski definition) is 3. The summed E-state index contributed by atoms with van der Waals surface area (Å²) in [4.78, 5) is 36.8. The number of benzene rings is 1. The van der Waals surface area contributed by atoms with Gasteiger partial charge < -0.3 is 0 Å². The predicted molar refractivity (Wildman–Crippen MR) is 70.9 cm³/mol. The normalized spacial score (nSPS) is 17.9. The molecule has 0 aromatic heterocycles. The molecule has 1 aliphatic heterocycles. The SMILES string of the molecule is O=C1C(=O)N(CC(=O)C2CC2)c2c(Cl)ccc(Cl)c21. The Morgan fingerprint density at radius 2 is 1.84 bits per heavy atom. The average molecular weight is 298 g/mol. The van der Waals surface area contributed by atoms with E-state index in [9.17, 15) is 14.4 Å². The van der Waals surface area contributed by atoms with E-state index < -0.39 is 11.7 Å². The average Bonchev–Trinajstić information content (AvgIpc) is 3.18. The number of Topliss-reactive ketones (excluding diaryl/α,β-unsaturated/α-hetero) is 2. The maximum absolute atomic E-state index is 12.0. The second-order valence-corrected chi connectivity index (χ2v) is 5.53. The summed E-state index contributed by atoms with van der Waals surface area (Å²) in [7, 11) is 0. The fraction of sp³-hybridized carbons (Fsp3) is 0.308. The van der Waals surface area contributed by atoms with Crippen molar-refractivity contribution in [3.8, 4) is 0 Å². The molecule has 98 valence electrons. The minimum absolute atomic E-state index is 0.0184. The molecule has 2 aliphatic rings. The highest BCUT2D eigenvalue weighted by molar-refractivity contribution is 6.57. The lowest BCUT2D eigenvalue weighted by atomic mass is 10.1. The second kappa shape index (κ2) is 4.32. The molecular formula is C13H9Cl2NO3. The van der Waals surface area contributed by atoms with E-state index in [1.54, 1.807) is 0 Å². The van der Waals surface area contributed by atoms with E-state index in [0.717, 1.165) is 17.7 Å². The Morgan fingerprint density at radius 3 is 2.47 bits per heavy atom. The summed E-state index contributed by atoms with van der Waals surface area (Å²) in [5.74, 6) is -1.46. The molecule has 0 unspecified atom stereocenters. The smallest absolute Gasteiger partial charge is 0.297 e. The van der Waals surface area contributed by atoms with Gasteiger partial charge in [0.25, 0.3) is 11.7 Å². The lowest BCUT2D eigenvalue weighted by Crippen LogP contribution is -2.35. The van der Waals surface area contributed by atoms with E-state index in [1.165, 1.54) is 12.1 Å². The molecule has 0 spiro atoms. The number of carbonyl (C=O) groups is 3. The number of nitrogens with zero attached hydrogens (tertiary/aromatic N) is 1. The van der Waals surface area contributed by atoms with E-state index in [-0.39, 0.29) is 39.5 Å². The quantitative estimate of drug-likeness (QED) is 0.806. The Kier molecular flexibility index (Phi) is 2.87. The molecular weight excluding hydrogens is 289 g/mol. The van der Waals surface area contributed by atoms with Gasteiger partial charge in [-0.3, -0.25) is 19.3 Å². The molecule has 0 atom stereocenters. The van der Waals surface area contributed by atoms with Crippen LogP contribution >= 0.6 is 23.2 Å². The maximum atomic E-state index is 12.0. The summed E-state index contributed by atoms with van der Waals surface area (Å²) in [5, 5.41) is 0.432. The van der Waals surface area contributed by atoms with Crippen molar-refractivity contribution in [3.63, 3.8) is 0 Å². The van der Waals surface area contributed by atoms with Crippen LogP contribution in [0.1, 0.15) is 23.2 Å². The van der Waals surface area contributed by atoms with Crippen LogP contribution in [-0.2, 0) is 9.59 Å². The second-order valence-electron chi connectivity index (χ2n) is 4.71. The van der Waals surface area contributed by atoms with Crippen LogP contribution in [0.4, 0.5) is 5.69 Å². The van der Waals surface area contributed by atoms with E-state index in [2.05, 4.69) is 0 Å². The van der Waals surface area contributed by atoms with Gasteiger partial charge in [0.1, 0.15) is 0 Å². The molecule has 0 bridgehead atoms. The molecule has 1 aromatic rings. The molecule has 19 heavy (non-hydrogen) atoms. The fourth-order valence-corrected chi connectivity index (χ4v) is 2.69. The van der Waals surface area contributed by atoms with Crippen LogP contribution in [0, 0.1) is 5.92 Å². The highest BCUT2D eigenvalue weighted by atomic mass is 35.5. The van der Waals surface area contributed by atoms with E-state index >= 15 is 0 Å². The van der Waals surface area contributed by atoms with Gasteiger partial charge >= 0.3 is 0 Å². The van der Waals surface area contributed by atoms with Crippen molar-refractivity contribution >= 4 is 46.4 Å². The van der Waals surface area contributed by atoms with E-state index in [4.69, 9.17) is 23.2 Å². The summed E-state index contributed by atoms with van der Waals surface area (Å²) >= 11 is 12.0. The monoisotopic (exact) mass is 297 g/mol. The number of ketones is 2. The lowest BCUT2D eigenvalue weighted by molar-refractivity contribution is -0.121. The summed E-state index contributed by atoms with van der Waals surface area (Å²) < 4.78 is 0. The van der Waals surface area contributed by atoms with Crippen LogP contribution in [0.2, 0.25) is 10.0 Å². The zero-order valence-corrected chi connectivity index (χ0v) is 11.3. The first-order chi connectivity index (χ1) is 9.00. The lowest BCUT2D eigenvalue weighted by Gasteiger charge is -2.16. The van der Waals surface area contributed by atoms with Crippen molar-refractivity contribution in [2.24, 2.45) is 5.92 Å². The molecule has 1 aliphatic carbocycles. The molecule has 1 saturated carbocycles. The fourth-order valence-electron chi connectivity index (χ4n) is 2.19. The number of hydrogen-bond donors (Lipinski definition) is 0. The highest BCUT2D eigenvalue weighted by Gasteiger charge is 2.42. The number of amides is 1. The molecule has 4 nitrogen and oxygen atoms in total. The molecule has 1 fully saturated rings. The predicted octanol–water partition coefficient (Wildman–Crippen LogP) is 2.50. The number of anilines is 1. The van der Waals surface area contributed by atoms with Crippen LogP contribution in [0.25, 0.3) is 0 Å². The molecule has 0 saturated heterocycles. The first-order valence-corrected chi connectivity index (χ1v) is 6.63. The van der Waals surface area contributed by atoms with Crippen molar-refractivity contribution in [2.75, 3.05) is 11.4 Å². The van der Waals surface area contributed by atoms with Gasteiger partial charge in [0.05, 0.1) is 27.8 Å². The van der Waals surface area contributed by atoms with Gasteiger partial charge in [0, 0.05) is 5.92 Å². The summed E-state index contributed by atoms with van der Waals surface area (Å²) in [5.41, 5.74) is 0.362. The topological polar surface area (TPSA) is 54.5 Å². The van der Waals surface area contributed by atoms with Crippen molar-refractivity contribution in [1.29, 1.82) is 0 Å². The van der Waals surface area contributed by atoms with Gasteiger partial charge in [0.15, 0.2) is 5.78 Å². The third-order valence-electron chi connectivity index (χ3n) is 3.36. The van der Waals surface area contributed by atoms with Crippen molar-refractivity contribution in [2.45, 2.75) is 12.8 Å². The largest absolute Gasteiger partial charge is 0.299 e. The van der Waals surface area contributed by atoms with Gasteiger partial charge in [-0.05, 0) is 25.0 Å². The maximum Gasteiger partial charge on any atom is 0.299 e. The number of halogens is 2. The van der Waals surface area contributed by atoms with Crippen LogP contribution < -0.4 is 4.90 Å². The minimum Gasteiger partial charge on any atom is -0.297 e. The van der Waals surface area contributed by atoms with Crippen molar-refractivity contribution < 1.29 is 14.4 Å². The Bertz CT molecular complexity index is 623. The molecule has 0 radical (unpaired) electrons. The van der Waals surface area contributed by atoms with E-state index in [1.807, 2.05) is 0 Å². The number of fused-ring (bicyclic) bond motifs is 1. The zero-order valence-electron chi connectivity index (χ0n) is 9.78. The molecule has 3 rings (SSSR count). The van der Waals surface area contributed by atoms with Crippen LogP contribution in [0.5, 0.6) is 0 Å². The third-order valence-corrected chi connectivity index (χ3v) is 3.98. The summed E-state index contributed by atoms with van der Waals surface area (Å²) in [6.07, 6.45) is 1.70. The summed E-state index contributed by atoms with van der Waals surface area (Å²) in [6, 6.07) is 2.99. The summed E-state index contributed by atoms with van der Waals surface area (Å²) in [6.45, 7) is -0.109. The standard InChI is InChI=1S/C13H9Cl2NO3/c14-7-3-4-8(15)11-10(7)12(18)13(19)16(11)5-9(17)6-1-2-6/h3-4,6H,1-2,5H2. The number of rotatable bonds is 3. The Hall–Kier alpha value is -1.39. The van der Waals surface area contributed by atoms with Crippen LogP contribution in [-0.4, -0.2) is 24.0 Å². The molecule has 1 heterocycles. The Labute approximate surface area is 119 Å². The van der Waals surface area contributed by atoms with Gasteiger partial charge in [-0.2, -0.15) is 0 Å². The van der Waals surface area contributed by atoms with Gasteiger partial charge in [-0.15, -0.1) is 0 Å². The van der Waals surface area contributed by atoms with Crippen molar-refractivity contribution in [3.05, 3.63) is 27.7 Å². The third kappa shape index (κ3) is 1.95. The van der Waals surface area contributed by atoms with Gasteiger partial charge in [-0.1, -0.05) is 23.2 Å². The molecule has 1 aromatic carbocycles. The molecule has 6 heteroatoms. The van der Waals surface area contributed by atoms with Crippen molar-refractivity contribution in [1.82, 2.24) is 0 Å². The van der Waals surface area contributed by atoms with Gasteiger partial charge in [0.2, 0.25) is 0 Å². The Balaban J connectivity index is 2.03. The van der Waals surface area contributed by atoms with Gasteiger partial charge in [-0.25, -0.2) is 0 Å². The number of carbonyl (C=O) groups excluding carboxylic acids is 3. The first-order valence-electron chi connectivity index (χ1n) is 5.87. The molecule has 1 amide bonds. The van der Waals surface area contributed by atoms with Crippen LogP contribution in [0.3, 0.4) is 0 Å². The first kappa shape index (κ1) is 12.6. The highest BCUT2D eigenvalue weighted by Crippen LogP contribution is 2.40. The minimum atomic E-state index is -0.737. The molecule has 0 N–H and O–H groups in total. The zero-order chi connectivity index (χ0) is 13.7. The van der Waals surface area contributed by atoms with Crippen LogP contribution in [0.15, 0.2) is 12.1 Å². The Morgan fingerprint density at radius 1 is 1.21 bits per heavy atom. The van der Waals surface area contributed by atoms with E-state index in [0.29, 0.717) is 0 Å².